The summed E-state index contributed by atoms with van der Waals surface area (Å²) in [6, 6.07) is 14.5. The molecule has 0 saturated carbocycles. The number of ether oxygens (including phenoxy) is 2. The maximum absolute atomic E-state index is 13.2. The van der Waals surface area contributed by atoms with Crippen LogP contribution in [0.5, 0.6) is 23.0 Å². The molecule has 0 aromatic heterocycles. The first-order valence-corrected chi connectivity index (χ1v) is 14.1. The fourth-order valence-corrected chi connectivity index (χ4v) is 5.44. The Hall–Kier alpha value is -3.63. The highest BCUT2D eigenvalue weighted by atomic mass is 32.1. The molecule has 12 heteroatoms. The number of phenolic OH excluding ortho intramolecular Hbond substituents is 2. The maximum atomic E-state index is 13.2. The minimum Gasteiger partial charge on any atom is -0.508 e. The molecule has 5 rings (SSSR count). The second-order valence-corrected chi connectivity index (χ2v) is 10.4. The van der Waals surface area contributed by atoms with Gasteiger partial charge in [0.1, 0.15) is 23.0 Å². The van der Waals surface area contributed by atoms with E-state index in [2.05, 4.69) is 15.2 Å². The van der Waals surface area contributed by atoms with Crippen molar-refractivity contribution < 1.29 is 38.5 Å². The van der Waals surface area contributed by atoms with Gasteiger partial charge in [0.2, 0.25) is 0 Å². The van der Waals surface area contributed by atoms with E-state index in [0.29, 0.717) is 51.1 Å². The third-order valence-electron chi connectivity index (χ3n) is 6.61. The molecule has 1 unspecified atom stereocenters. The first-order chi connectivity index (χ1) is 18.8. The third-order valence-corrected chi connectivity index (χ3v) is 7.31. The molecule has 0 saturated heterocycles. The molecule has 5 N–H and O–H groups in total. The van der Waals surface area contributed by atoms with Crippen LogP contribution in [0.2, 0.25) is 0 Å². The molecule has 0 radical (unpaired) electrons. The Kier molecular flexibility index (Phi) is 7.76. The van der Waals surface area contributed by atoms with Crippen LogP contribution >= 0.6 is 20.5 Å². The molecular formula is C27H27N2O8PS. The first-order valence-electron chi connectivity index (χ1n) is 12.4. The average Bonchev–Trinajstić information content (AvgIpc) is 3.17. The van der Waals surface area contributed by atoms with Crippen molar-refractivity contribution in [2.75, 3.05) is 18.5 Å². The number of benzene rings is 3. The summed E-state index contributed by atoms with van der Waals surface area (Å²) in [4.78, 5) is 21.9. The van der Waals surface area contributed by atoms with Crippen LogP contribution in [0.4, 0.5) is 5.69 Å². The molecule has 0 aliphatic carbocycles. The van der Waals surface area contributed by atoms with Gasteiger partial charge < -0.3 is 39.7 Å². The van der Waals surface area contributed by atoms with Gasteiger partial charge in [0, 0.05) is 41.1 Å². The van der Waals surface area contributed by atoms with Crippen molar-refractivity contribution in [3.8, 4) is 23.0 Å². The van der Waals surface area contributed by atoms with E-state index in [1.54, 1.807) is 30.3 Å². The number of anilines is 1. The van der Waals surface area contributed by atoms with Crippen molar-refractivity contribution in [1.29, 1.82) is 0 Å². The Balaban J connectivity index is 1.31. The lowest BCUT2D eigenvalue weighted by Crippen LogP contribution is -2.33. The molecule has 0 fully saturated rings. The Morgan fingerprint density at radius 2 is 1.56 bits per heavy atom. The van der Waals surface area contributed by atoms with Gasteiger partial charge in [-0.25, -0.2) is 4.79 Å². The molecule has 3 aromatic rings. The zero-order chi connectivity index (χ0) is 27.6. The number of unbranched alkanes of at least 4 members (excludes halogenated alkanes) is 3. The van der Waals surface area contributed by atoms with Gasteiger partial charge in [0.25, 0.3) is 0 Å². The van der Waals surface area contributed by atoms with Crippen molar-refractivity contribution in [2.24, 2.45) is 0 Å². The van der Waals surface area contributed by atoms with Crippen LogP contribution in [-0.4, -0.2) is 39.3 Å². The van der Waals surface area contributed by atoms with E-state index < -0.39 is 19.8 Å². The van der Waals surface area contributed by atoms with E-state index in [1.165, 1.54) is 24.3 Å². The Bertz CT molecular complexity index is 1410. The average molecular weight is 571 g/mol. The minimum atomic E-state index is -2.86. The molecular weight excluding hydrogens is 543 g/mol. The van der Waals surface area contributed by atoms with Gasteiger partial charge in [0.05, 0.1) is 12.2 Å². The number of nitrogens with one attached hydrogen (secondary N) is 2. The number of phenols is 2. The Morgan fingerprint density at radius 1 is 0.923 bits per heavy atom. The maximum Gasteiger partial charge on any atom is 0.340 e. The number of hydrogen-bond acceptors (Lipinski definition) is 8. The number of rotatable bonds is 9. The number of esters is 1. The second-order valence-electron chi connectivity index (χ2n) is 9.20. The fraction of sp³-hybridized carbons (Fsp3) is 0.259. The fourth-order valence-electron chi connectivity index (χ4n) is 4.90. The molecule has 3 aromatic carbocycles. The van der Waals surface area contributed by atoms with Gasteiger partial charge in [-0.05, 0) is 61.5 Å². The summed E-state index contributed by atoms with van der Waals surface area (Å²) >= 11 is 5.41. The van der Waals surface area contributed by atoms with Crippen molar-refractivity contribution in [2.45, 2.75) is 31.3 Å². The molecule has 2 aliphatic rings. The summed E-state index contributed by atoms with van der Waals surface area (Å²) < 4.78 is 27.2. The summed E-state index contributed by atoms with van der Waals surface area (Å²) in [5.41, 5.74) is 1.37. The molecule has 204 valence electrons. The lowest BCUT2D eigenvalue weighted by Gasteiger charge is -2.36. The number of aromatic hydroxyl groups is 2. The summed E-state index contributed by atoms with van der Waals surface area (Å²) in [6.45, 7) is 0.922. The predicted octanol–water partition coefficient (Wildman–Crippen LogP) is 4.91. The van der Waals surface area contributed by atoms with Crippen molar-refractivity contribution in [3.63, 3.8) is 0 Å². The number of carbonyl (C=O) groups excluding carboxylic acids is 1. The zero-order valence-electron chi connectivity index (χ0n) is 20.7. The van der Waals surface area contributed by atoms with E-state index in [1.807, 2.05) is 0 Å². The predicted molar refractivity (Wildman–Crippen MR) is 148 cm³/mol. The standard InChI is InChI=1S/C27H27N2O8PS/c30-17-6-9-21-23(14-17)36-24-15-18(31)7-10-22(24)27(21)20-8-5-16(13-19(20)25(32)37-27)29-26(39)28-11-3-1-2-4-12-35-38(33)34/h5-10,13-15,30-31,38H,1-4,11-12H2,(H,33,34)(H2,28,29,39). The number of fused-ring (bicyclic) bond motifs is 6. The minimum absolute atomic E-state index is 0.00758. The SMILES string of the molecule is O=C1OC2(c3ccc(O)cc3Oc3cc(O)ccc32)c2ccc(NC(=S)NCCCCCCO[PH](=O)O)cc21. The van der Waals surface area contributed by atoms with Crippen LogP contribution in [0.25, 0.3) is 0 Å². The normalized spacial score (nSPS) is 14.9. The van der Waals surface area contributed by atoms with E-state index in [-0.39, 0.29) is 18.1 Å². The summed E-state index contributed by atoms with van der Waals surface area (Å²) in [5, 5.41) is 26.7. The summed E-state index contributed by atoms with van der Waals surface area (Å²) in [5.74, 6) is 0.0953. The highest BCUT2D eigenvalue weighted by Crippen LogP contribution is 2.57. The van der Waals surface area contributed by atoms with Crippen LogP contribution in [0.15, 0.2) is 54.6 Å². The van der Waals surface area contributed by atoms with Crippen LogP contribution in [0.1, 0.15) is 52.7 Å². The molecule has 1 atom stereocenters. The van der Waals surface area contributed by atoms with Gasteiger partial charge in [-0.2, -0.15) is 0 Å². The summed E-state index contributed by atoms with van der Waals surface area (Å²) in [7, 11) is -2.86. The number of thiocarbonyl (C=S) groups is 1. The van der Waals surface area contributed by atoms with Crippen LogP contribution in [0, 0.1) is 0 Å². The highest BCUT2D eigenvalue weighted by Gasteiger charge is 2.53. The molecule has 10 nitrogen and oxygen atoms in total. The topological polar surface area (TPSA) is 147 Å². The van der Waals surface area contributed by atoms with Crippen LogP contribution in [0.3, 0.4) is 0 Å². The van der Waals surface area contributed by atoms with Crippen LogP contribution < -0.4 is 15.4 Å². The Morgan fingerprint density at radius 3 is 2.23 bits per heavy atom. The molecule has 2 heterocycles. The smallest absolute Gasteiger partial charge is 0.340 e. The second kappa shape index (κ2) is 11.2. The van der Waals surface area contributed by atoms with Gasteiger partial charge in [-0.1, -0.05) is 18.9 Å². The molecule has 0 amide bonds. The van der Waals surface area contributed by atoms with Gasteiger partial charge in [-0.15, -0.1) is 0 Å². The third kappa shape index (κ3) is 5.44. The van der Waals surface area contributed by atoms with E-state index in [9.17, 15) is 19.6 Å². The van der Waals surface area contributed by atoms with Gasteiger partial charge >= 0.3 is 14.2 Å². The van der Waals surface area contributed by atoms with Crippen LogP contribution in [-0.2, 0) is 19.4 Å². The van der Waals surface area contributed by atoms with E-state index in [0.717, 1.165) is 25.7 Å². The van der Waals surface area contributed by atoms with E-state index in [4.69, 9.17) is 26.6 Å². The lowest BCUT2D eigenvalue weighted by atomic mass is 9.77. The largest absolute Gasteiger partial charge is 0.508 e. The molecule has 39 heavy (non-hydrogen) atoms. The monoisotopic (exact) mass is 570 g/mol. The molecule has 2 aliphatic heterocycles. The van der Waals surface area contributed by atoms with Crippen molar-refractivity contribution in [3.05, 3.63) is 76.9 Å². The number of carbonyl (C=O) groups is 1. The highest BCUT2D eigenvalue weighted by molar-refractivity contribution is 7.80. The first kappa shape index (κ1) is 27.0. The molecule has 1 spiro atoms. The van der Waals surface area contributed by atoms with Gasteiger partial charge in [-0.3, -0.25) is 4.57 Å². The van der Waals surface area contributed by atoms with Crippen molar-refractivity contribution in [1.82, 2.24) is 5.32 Å². The quantitative estimate of drug-likeness (QED) is 0.103. The Labute approximate surface area is 230 Å². The van der Waals surface area contributed by atoms with Gasteiger partial charge in [0.15, 0.2) is 10.7 Å². The molecule has 0 bridgehead atoms. The zero-order valence-corrected chi connectivity index (χ0v) is 22.5. The lowest BCUT2D eigenvalue weighted by molar-refractivity contribution is 0.0224. The van der Waals surface area contributed by atoms with Crippen molar-refractivity contribution >= 4 is 37.2 Å². The number of hydrogen-bond donors (Lipinski definition) is 5. The summed E-state index contributed by atoms with van der Waals surface area (Å²) in [6.07, 6.45) is 3.37. The van der Waals surface area contributed by atoms with E-state index >= 15 is 0 Å².